The van der Waals surface area contributed by atoms with Gasteiger partial charge in [0.05, 0.1) is 18.3 Å². The van der Waals surface area contributed by atoms with Crippen molar-refractivity contribution in [1.82, 2.24) is 15.0 Å². The predicted molar refractivity (Wildman–Crippen MR) is 98.6 cm³/mol. The van der Waals surface area contributed by atoms with Crippen molar-refractivity contribution >= 4 is 11.8 Å². The molecule has 1 aliphatic rings. The maximum absolute atomic E-state index is 13.2. The minimum atomic E-state index is -0.776. The third kappa shape index (κ3) is 4.03. The highest BCUT2D eigenvalue weighted by Gasteiger charge is 2.43. The van der Waals surface area contributed by atoms with Gasteiger partial charge in [0.15, 0.2) is 11.9 Å². The molecule has 2 atom stereocenters. The van der Waals surface area contributed by atoms with Gasteiger partial charge in [-0.15, -0.1) is 0 Å². The molecule has 2 aromatic rings. The van der Waals surface area contributed by atoms with Crippen molar-refractivity contribution in [2.24, 2.45) is 0 Å². The summed E-state index contributed by atoms with van der Waals surface area (Å²) in [5.74, 6) is 0.291. The number of hydrogen-bond donors (Lipinski definition) is 0. The van der Waals surface area contributed by atoms with Crippen molar-refractivity contribution < 1.29 is 18.8 Å². The van der Waals surface area contributed by atoms with Crippen LogP contribution >= 0.6 is 0 Å². The number of benzene rings is 1. The highest BCUT2D eigenvalue weighted by atomic mass is 16.5. The highest BCUT2D eigenvalue weighted by Crippen LogP contribution is 2.33. The van der Waals surface area contributed by atoms with Crippen LogP contribution in [0.4, 0.5) is 0 Å². The molecule has 1 saturated heterocycles. The first-order valence-corrected chi connectivity index (χ1v) is 9.03. The summed E-state index contributed by atoms with van der Waals surface area (Å²) in [6, 6.07) is 10.8. The van der Waals surface area contributed by atoms with Crippen LogP contribution in [0, 0.1) is 6.92 Å². The number of ether oxygens (including phenoxy) is 1. The van der Waals surface area contributed by atoms with Crippen LogP contribution in [-0.2, 0) is 20.9 Å². The van der Waals surface area contributed by atoms with Gasteiger partial charge in [0.1, 0.15) is 6.61 Å². The number of nitrogens with zero attached hydrogens (tertiary/aromatic N) is 3. The van der Waals surface area contributed by atoms with Gasteiger partial charge in [-0.1, -0.05) is 35.5 Å². The highest BCUT2D eigenvalue weighted by molar-refractivity contribution is 5.86. The first-order valence-electron chi connectivity index (χ1n) is 9.03. The third-order valence-corrected chi connectivity index (χ3v) is 4.65. The smallest absolute Gasteiger partial charge is 0.254 e. The van der Waals surface area contributed by atoms with Gasteiger partial charge in [-0.2, -0.15) is 0 Å². The number of morpholine rings is 1. The van der Waals surface area contributed by atoms with Crippen LogP contribution in [0.3, 0.4) is 0 Å². The Morgan fingerprint density at radius 1 is 1.33 bits per heavy atom. The monoisotopic (exact) mass is 371 g/mol. The Morgan fingerprint density at radius 3 is 2.63 bits per heavy atom. The van der Waals surface area contributed by atoms with E-state index < -0.39 is 12.1 Å². The average Bonchev–Trinajstić information content (AvgIpc) is 3.05. The van der Waals surface area contributed by atoms with Gasteiger partial charge in [0, 0.05) is 19.2 Å². The Bertz CT molecular complexity index is 803. The van der Waals surface area contributed by atoms with E-state index in [4.69, 9.17) is 9.26 Å². The van der Waals surface area contributed by atoms with Gasteiger partial charge in [-0.05, 0) is 26.3 Å². The fourth-order valence-electron chi connectivity index (χ4n) is 3.45. The van der Waals surface area contributed by atoms with E-state index in [1.54, 1.807) is 22.9 Å². The Morgan fingerprint density at radius 2 is 2.04 bits per heavy atom. The quantitative estimate of drug-likeness (QED) is 0.806. The van der Waals surface area contributed by atoms with E-state index >= 15 is 0 Å². The van der Waals surface area contributed by atoms with E-state index in [-0.39, 0.29) is 31.0 Å². The molecule has 27 heavy (non-hydrogen) atoms. The number of likely N-dealkylation sites (N-methyl/N-ethyl adjacent to an activating group) is 1. The van der Waals surface area contributed by atoms with Crippen molar-refractivity contribution in [1.29, 1.82) is 0 Å². The summed E-state index contributed by atoms with van der Waals surface area (Å²) in [5.41, 5.74) is 1.64. The number of aromatic nitrogens is 1. The summed E-state index contributed by atoms with van der Waals surface area (Å²) in [5, 5.41) is 3.85. The predicted octanol–water partition coefficient (Wildman–Crippen LogP) is 2.32. The molecule has 0 aliphatic carbocycles. The van der Waals surface area contributed by atoms with Crippen molar-refractivity contribution in [3.8, 4) is 0 Å². The van der Waals surface area contributed by atoms with Crippen LogP contribution in [0.15, 0.2) is 40.9 Å². The van der Waals surface area contributed by atoms with Crippen molar-refractivity contribution in [3.63, 3.8) is 0 Å². The zero-order valence-electron chi connectivity index (χ0n) is 16.1. The number of carbonyl (C=O) groups is 2. The van der Waals surface area contributed by atoms with Gasteiger partial charge in [-0.3, -0.25) is 9.59 Å². The minimum absolute atomic E-state index is 0.0517. The Labute approximate surface area is 158 Å². The molecular formula is C20H25N3O4. The fourth-order valence-corrected chi connectivity index (χ4v) is 3.45. The number of rotatable bonds is 5. The largest absolute Gasteiger partial charge is 0.359 e. The molecule has 2 amide bonds. The molecule has 0 bridgehead atoms. The van der Waals surface area contributed by atoms with Crippen LogP contribution in [-0.4, -0.2) is 52.6 Å². The second-order valence-electron chi connectivity index (χ2n) is 7.11. The topological polar surface area (TPSA) is 75.9 Å². The van der Waals surface area contributed by atoms with Gasteiger partial charge < -0.3 is 19.1 Å². The molecule has 2 heterocycles. The van der Waals surface area contributed by atoms with E-state index in [9.17, 15) is 9.59 Å². The first kappa shape index (κ1) is 19.1. The lowest BCUT2D eigenvalue weighted by molar-refractivity contribution is -0.171. The van der Waals surface area contributed by atoms with Crippen LogP contribution in [0.2, 0.25) is 0 Å². The number of hydrogen-bond acceptors (Lipinski definition) is 5. The van der Waals surface area contributed by atoms with E-state index in [0.29, 0.717) is 5.76 Å². The summed E-state index contributed by atoms with van der Waals surface area (Å²) in [7, 11) is 1.70. The normalized spacial score (nSPS) is 20.2. The zero-order valence-corrected chi connectivity index (χ0v) is 16.1. The number of aryl methyl sites for hydroxylation is 1. The molecule has 1 aromatic carbocycles. The van der Waals surface area contributed by atoms with E-state index in [2.05, 4.69) is 5.16 Å². The Hall–Kier alpha value is -2.67. The molecule has 7 heteroatoms. The Balaban J connectivity index is 1.88. The van der Waals surface area contributed by atoms with Gasteiger partial charge >= 0.3 is 0 Å². The number of amides is 2. The van der Waals surface area contributed by atoms with Gasteiger partial charge in [0.25, 0.3) is 5.91 Å². The van der Waals surface area contributed by atoms with E-state index in [0.717, 1.165) is 11.3 Å². The molecule has 0 radical (unpaired) electrons. The summed E-state index contributed by atoms with van der Waals surface area (Å²) < 4.78 is 10.9. The van der Waals surface area contributed by atoms with Crippen molar-refractivity contribution in [3.05, 3.63) is 53.4 Å². The summed E-state index contributed by atoms with van der Waals surface area (Å²) >= 11 is 0. The lowest BCUT2D eigenvalue weighted by Gasteiger charge is -2.43. The molecule has 7 nitrogen and oxygen atoms in total. The summed E-state index contributed by atoms with van der Waals surface area (Å²) in [6.07, 6.45) is -0.776. The van der Waals surface area contributed by atoms with Crippen LogP contribution < -0.4 is 0 Å². The third-order valence-electron chi connectivity index (χ3n) is 4.65. The maximum atomic E-state index is 13.2. The molecule has 0 unspecified atom stereocenters. The molecule has 0 spiro atoms. The summed E-state index contributed by atoms with van der Waals surface area (Å²) in [4.78, 5) is 29.0. The summed E-state index contributed by atoms with van der Waals surface area (Å²) in [6.45, 7) is 5.91. The number of carbonyl (C=O) groups excluding carboxylic acids is 2. The van der Waals surface area contributed by atoms with E-state index in [1.165, 1.54) is 0 Å². The van der Waals surface area contributed by atoms with Crippen molar-refractivity contribution in [2.45, 2.75) is 45.5 Å². The first-order chi connectivity index (χ1) is 12.9. The molecule has 144 valence electrons. The van der Waals surface area contributed by atoms with Crippen molar-refractivity contribution in [2.75, 3.05) is 13.7 Å². The minimum Gasteiger partial charge on any atom is -0.359 e. The molecule has 3 rings (SSSR count). The second-order valence-corrected chi connectivity index (χ2v) is 7.11. The SMILES string of the molecule is Cc1cc(CN(C)C(=O)[C@H]2OCC(=O)N(C(C)C)[C@@H]2c2ccccc2)on1. The Kier molecular flexibility index (Phi) is 5.60. The van der Waals surface area contributed by atoms with Crippen LogP contribution in [0.1, 0.15) is 36.9 Å². The molecule has 0 saturated carbocycles. The lowest BCUT2D eigenvalue weighted by atomic mass is 9.95. The van der Waals surface area contributed by atoms with Gasteiger partial charge in [0.2, 0.25) is 5.91 Å². The standard InChI is InChI=1S/C20H25N3O4/c1-13(2)23-17(24)12-26-19(18(23)15-8-6-5-7-9-15)20(25)22(4)11-16-10-14(3)21-27-16/h5-10,13,18-19H,11-12H2,1-4H3/t18-,19+/m1/s1. The molecule has 1 fully saturated rings. The van der Waals surface area contributed by atoms with Crippen LogP contribution in [0.25, 0.3) is 0 Å². The molecular weight excluding hydrogens is 346 g/mol. The second kappa shape index (κ2) is 7.92. The zero-order chi connectivity index (χ0) is 19.6. The molecule has 1 aromatic heterocycles. The van der Waals surface area contributed by atoms with Gasteiger partial charge in [-0.25, -0.2) is 0 Å². The molecule has 1 aliphatic heterocycles. The average molecular weight is 371 g/mol. The fraction of sp³-hybridized carbons (Fsp3) is 0.450. The van der Waals surface area contributed by atoms with Crippen LogP contribution in [0.5, 0.6) is 0 Å². The van der Waals surface area contributed by atoms with E-state index in [1.807, 2.05) is 51.1 Å². The maximum Gasteiger partial charge on any atom is 0.254 e. The molecule has 0 N–H and O–H groups in total. The lowest BCUT2D eigenvalue weighted by Crippen LogP contribution is -2.56.